The maximum absolute atomic E-state index is 12.9. The Kier molecular flexibility index (Phi) is 8.29. The van der Waals surface area contributed by atoms with E-state index in [9.17, 15) is 18.0 Å². The number of fused-ring (bicyclic) bond motifs is 1. The number of nitrogens with one attached hydrogen (secondary N) is 2. The number of aryl methyl sites for hydroxylation is 3. The van der Waals surface area contributed by atoms with Gasteiger partial charge < -0.3 is 15.2 Å². The van der Waals surface area contributed by atoms with Gasteiger partial charge in [-0.25, -0.2) is 13.4 Å². The van der Waals surface area contributed by atoms with Crippen LogP contribution in [0.2, 0.25) is 0 Å². The van der Waals surface area contributed by atoms with E-state index in [1.807, 2.05) is 25.5 Å². The largest absolute Gasteiger partial charge is 0.352 e. The third kappa shape index (κ3) is 5.71. The number of rotatable bonds is 10. The summed E-state index contributed by atoms with van der Waals surface area (Å²) in [5.74, 6) is 0.295. The number of aromatic nitrogens is 2. The number of benzene rings is 2. The normalized spacial score (nSPS) is 11.7. The van der Waals surface area contributed by atoms with E-state index in [1.54, 1.807) is 50.2 Å². The topological polar surface area (TPSA) is 113 Å². The lowest BCUT2D eigenvalue weighted by atomic mass is 10.1. The molecule has 0 atom stereocenters. The highest BCUT2D eigenvalue weighted by molar-refractivity contribution is 7.89. The molecule has 35 heavy (non-hydrogen) atoms. The van der Waals surface area contributed by atoms with E-state index < -0.39 is 10.0 Å². The fraction of sp³-hybridized carbons (Fsp3) is 0.400. The van der Waals surface area contributed by atoms with E-state index in [4.69, 9.17) is 0 Å². The molecular formula is C25H33N5O4S. The van der Waals surface area contributed by atoms with Crippen molar-refractivity contribution in [2.24, 2.45) is 7.05 Å². The van der Waals surface area contributed by atoms with Crippen molar-refractivity contribution in [2.45, 2.75) is 45.4 Å². The minimum atomic E-state index is -3.58. The lowest BCUT2D eigenvalue weighted by molar-refractivity contribution is -0.116. The van der Waals surface area contributed by atoms with Gasteiger partial charge in [0, 0.05) is 50.8 Å². The molecule has 188 valence electrons. The van der Waals surface area contributed by atoms with Gasteiger partial charge in [0.2, 0.25) is 15.9 Å². The molecule has 0 bridgehead atoms. The number of anilines is 1. The summed E-state index contributed by atoms with van der Waals surface area (Å²) in [6.07, 6.45) is 0.566. The summed E-state index contributed by atoms with van der Waals surface area (Å²) in [4.78, 5) is 29.6. The number of hydrogen-bond donors (Lipinski definition) is 2. The van der Waals surface area contributed by atoms with Gasteiger partial charge in [-0.15, -0.1) is 0 Å². The standard InChI is InChI=1S/C25H33N5O4S/c1-6-26-25(32)18-10-9-17(4)20(15-18)28-24(31)14-13-23-27-21-16-19(11-12-22(21)29(23)5)35(33,34)30(7-2)8-3/h9-12,15-16H,6-8,13-14H2,1-5H3,(H,26,32)(H,28,31). The second-order valence-electron chi connectivity index (χ2n) is 8.26. The van der Waals surface area contributed by atoms with Gasteiger partial charge in [0.15, 0.2) is 0 Å². The number of carbonyl (C=O) groups is 2. The van der Waals surface area contributed by atoms with E-state index in [1.165, 1.54) is 4.31 Å². The van der Waals surface area contributed by atoms with Gasteiger partial charge in [-0.3, -0.25) is 9.59 Å². The molecule has 2 amide bonds. The first kappa shape index (κ1) is 26.4. The molecule has 10 heteroatoms. The third-order valence-corrected chi connectivity index (χ3v) is 8.02. The third-order valence-electron chi connectivity index (χ3n) is 5.97. The van der Waals surface area contributed by atoms with Crippen molar-refractivity contribution in [1.29, 1.82) is 0 Å². The molecule has 1 heterocycles. The van der Waals surface area contributed by atoms with Crippen LogP contribution < -0.4 is 10.6 Å². The van der Waals surface area contributed by atoms with Crippen molar-refractivity contribution >= 4 is 38.6 Å². The molecule has 0 fully saturated rings. The van der Waals surface area contributed by atoms with Gasteiger partial charge in [-0.2, -0.15) is 4.31 Å². The predicted octanol–water partition coefficient (Wildman–Crippen LogP) is 3.23. The van der Waals surface area contributed by atoms with Crippen LogP contribution in [0.3, 0.4) is 0 Å². The Balaban J connectivity index is 1.75. The molecule has 2 N–H and O–H groups in total. The molecule has 1 aromatic heterocycles. The lowest BCUT2D eigenvalue weighted by Crippen LogP contribution is -2.30. The van der Waals surface area contributed by atoms with Crippen molar-refractivity contribution in [3.8, 4) is 0 Å². The highest BCUT2D eigenvalue weighted by atomic mass is 32.2. The molecule has 9 nitrogen and oxygen atoms in total. The number of amides is 2. The monoisotopic (exact) mass is 499 g/mol. The van der Waals surface area contributed by atoms with Gasteiger partial charge >= 0.3 is 0 Å². The Hall–Kier alpha value is -3.24. The molecular weight excluding hydrogens is 466 g/mol. The van der Waals surface area contributed by atoms with E-state index in [2.05, 4.69) is 15.6 Å². The number of imidazole rings is 1. The Bertz CT molecular complexity index is 1340. The molecule has 0 aliphatic carbocycles. The van der Waals surface area contributed by atoms with Crippen LogP contribution in [0.1, 0.15) is 48.9 Å². The maximum atomic E-state index is 12.9. The molecule has 0 spiro atoms. The van der Waals surface area contributed by atoms with Crippen molar-refractivity contribution in [1.82, 2.24) is 19.2 Å². The van der Waals surface area contributed by atoms with Crippen molar-refractivity contribution in [3.05, 3.63) is 53.3 Å². The summed E-state index contributed by atoms with van der Waals surface area (Å²) >= 11 is 0. The molecule has 2 aromatic carbocycles. The first-order valence-electron chi connectivity index (χ1n) is 11.8. The van der Waals surface area contributed by atoms with Gasteiger partial charge in [-0.05, 0) is 49.7 Å². The van der Waals surface area contributed by atoms with E-state index in [0.29, 0.717) is 48.6 Å². The summed E-state index contributed by atoms with van der Waals surface area (Å²) in [5, 5.41) is 5.63. The first-order valence-corrected chi connectivity index (χ1v) is 13.2. The van der Waals surface area contributed by atoms with Gasteiger partial charge in [-0.1, -0.05) is 19.9 Å². The maximum Gasteiger partial charge on any atom is 0.251 e. The highest BCUT2D eigenvalue weighted by Gasteiger charge is 2.23. The summed E-state index contributed by atoms with van der Waals surface area (Å²) in [6, 6.07) is 10.1. The van der Waals surface area contributed by atoms with Crippen LogP contribution in [0.25, 0.3) is 11.0 Å². The molecule has 0 aliphatic rings. The van der Waals surface area contributed by atoms with Crippen molar-refractivity contribution in [2.75, 3.05) is 25.0 Å². The number of carbonyl (C=O) groups excluding carboxylic acids is 2. The van der Waals surface area contributed by atoms with Gasteiger partial charge in [0.05, 0.1) is 15.9 Å². The summed E-state index contributed by atoms with van der Waals surface area (Å²) < 4.78 is 29.0. The Morgan fingerprint density at radius 1 is 1.06 bits per heavy atom. The fourth-order valence-electron chi connectivity index (χ4n) is 3.92. The minimum absolute atomic E-state index is 0.187. The van der Waals surface area contributed by atoms with Crippen LogP contribution in [-0.4, -0.2) is 53.7 Å². The average molecular weight is 500 g/mol. The lowest BCUT2D eigenvalue weighted by Gasteiger charge is -2.18. The molecule has 0 unspecified atom stereocenters. The van der Waals surface area contributed by atoms with E-state index >= 15 is 0 Å². The van der Waals surface area contributed by atoms with Crippen LogP contribution in [0.5, 0.6) is 0 Å². The molecule has 0 radical (unpaired) electrons. The van der Waals surface area contributed by atoms with Crippen LogP contribution in [0.4, 0.5) is 5.69 Å². The van der Waals surface area contributed by atoms with E-state index in [-0.39, 0.29) is 23.1 Å². The van der Waals surface area contributed by atoms with Crippen molar-refractivity contribution in [3.63, 3.8) is 0 Å². The second kappa shape index (κ2) is 11.0. The number of hydrogen-bond acceptors (Lipinski definition) is 5. The number of sulfonamides is 1. The van der Waals surface area contributed by atoms with Crippen LogP contribution in [0.15, 0.2) is 41.3 Å². The zero-order chi connectivity index (χ0) is 25.8. The summed E-state index contributed by atoms with van der Waals surface area (Å²) in [5.41, 5.74) is 3.30. The quantitative estimate of drug-likeness (QED) is 0.445. The smallest absolute Gasteiger partial charge is 0.251 e. The molecule has 0 saturated carbocycles. The summed E-state index contributed by atoms with van der Waals surface area (Å²) in [6.45, 7) is 8.64. The SMILES string of the molecule is CCNC(=O)c1ccc(C)c(NC(=O)CCc2nc3cc(S(=O)(=O)N(CC)CC)ccc3n2C)c1. The Morgan fingerprint density at radius 2 is 1.77 bits per heavy atom. The highest BCUT2D eigenvalue weighted by Crippen LogP contribution is 2.23. The Labute approximate surface area is 206 Å². The number of nitrogens with zero attached hydrogens (tertiary/aromatic N) is 3. The second-order valence-corrected chi connectivity index (χ2v) is 10.2. The van der Waals surface area contributed by atoms with Gasteiger partial charge in [0.1, 0.15) is 5.82 Å². The molecule has 3 aromatic rings. The Morgan fingerprint density at radius 3 is 2.43 bits per heavy atom. The predicted molar refractivity (Wildman–Crippen MR) is 137 cm³/mol. The zero-order valence-corrected chi connectivity index (χ0v) is 21.7. The minimum Gasteiger partial charge on any atom is -0.352 e. The fourth-order valence-corrected chi connectivity index (χ4v) is 5.40. The average Bonchev–Trinajstić information content (AvgIpc) is 3.14. The summed E-state index contributed by atoms with van der Waals surface area (Å²) in [7, 11) is -1.73. The molecule has 0 aliphatic heterocycles. The van der Waals surface area contributed by atoms with Crippen LogP contribution >= 0.6 is 0 Å². The molecule has 3 rings (SSSR count). The van der Waals surface area contributed by atoms with Crippen molar-refractivity contribution < 1.29 is 18.0 Å². The van der Waals surface area contributed by atoms with E-state index in [0.717, 1.165) is 11.1 Å². The first-order chi connectivity index (χ1) is 16.6. The molecule has 0 saturated heterocycles. The van der Waals surface area contributed by atoms with Gasteiger partial charge in [0.25, 0.3) is 5.91 Å². The zero-order valence-electron chi connectivity index (χ0n) is 20.9. The van der Waals surface area contributed by atoms with Crippen LogP contribution in [0, 0.1) is 6.92 Å². The van der Waals surface area contributed by atoms with Crippen LogP contribution in [-0.2, 0) is 28.3 Å².